The van der Waals surface area contributed by atoms with E-state index in [1.807, 2.05) is 0 Å². The molecule has 0 bridgehead atoms. The summed E-state index contributed by atoms with van der Waals surface area (Å²) in [6, 6.07) is 52.9. The van der Waals surface area contributed by atoms with Gasteiger partial charge in [0.2, 0.25) is 0 Å². The normalized spacial score (nSPS) is 11.6. The van der Waals surface area contributed by atoms with Crippen molar-refractivity contribution in [1.82, 2.24) is 9.55 Å². The fourth-order valence-corrected chi connectivity index (χ4v) is 9.82. The molecule has 2 nitrogen and oxygen atoms in total. The van der Waals surface area contributed by atoms with Crippen LogP contribution >= 0.6 is 0 Å². The maximum absolute atomic E-state index is 5.30. The van der Waals surface area contributed by atoms with Crippen LogP contribution in [-0.4, -0.2) is 72.3 Å². The van der Waals surface area contributed by atoms with Crippen molar-refractivity contribution in [2.45, 2.75) is 0 Å². The van der Waals surface area contributed by atoms with Gasteiger partial charge in [0, 0.05) is 10.9 Å². The monoisotopic (exact) mass is 744 g/mol. The highest BCUT2D eigenvalue weighted by atomic mass is 15.1. The third-order valence-corrected chi connectivity index (χ3v) is 13.7. The molecule has 270 valence electrons. The Morgan fingerprint density at radius 1 is 0.339 bits per heavy atom. The van der Waals surface area contributed by atoms with Crippen molar-refractivity contribution in [1.29, 1.82) is 0 Å². The molecule has 10 rings (SSSR count). The number of aromatic nitrogens is 2. The minimum atomic E-state index is 0.940. The van der Waals surface area contributed by atoms with Crippen molar-refractivity contribution in [3.05, 3.63) is 146 Å². The molecule has 0 unspecified atom stereocenters. The molecule has 0 saturated carbocycles. The van der Waals surface area contributed by atoms with E-state index in [2.05, 4.69) is 213 Å². The summed E-state index contributed by atoms with van der Waals surface area (Å²) in [6.45, 7) is 0. The lowest BCUT2D eigenvalue weighted by atomic mass is 9.59. The maximum atomic E-state index is 5.30. The lowest BCUT2D eigenvalue weighted by Crippen LogP contribution is -2.50. The highest BCUT2D eigenvalue weighted by Gasteiger charge is 2.25. The summed E-state index contributed by atoms with van der Waals surface area (Å²) in [7, 11) is 18.6. The first-order chi connectivity index (χ1) is 28.6. The van der Waals surface area contributed by atoms with Crippen molar-refractivity contribution in [2.24, 2.45) is 0 Å². The second kappa shape index (κ2) is 14.2. The van der Waals surface area contributed by atoms with E-state index in [-0.39, 0.29) is 0 Å². The summed E-state index contributed by atoms with van der Waals surface area (Å²) < 4.78 is 2.34. The fraction of sp³-hybridized carbons (Fsp3) is 0. The van der Waals surface area contributed by atoms with E-state index in [0.717, 1.165) is 28.1 Å². The Balaban J connectivity index is 1.26. The molecule has 0 saturated heterocycles. The predicted molar refractivity (Wildman–Crippen MR) is 281 cm³/mol. The van der Waals surface area contributed by atoms with Crippen molar-refractivity contribution in [3.63, 3.8) is 0 Å². The zero-order valence-electron chi connectivity index (χ0n) is 35.3. The summed E-state index contributed by atoms with van der Waals surface area (Å²) in [6.07, 6.45) is 0. The van der Waals surface area contributed by atoms with Gasteiger partial charge in [-0.05, 0) is 78.5 Å². The first kappa shape index (κ1) is 37.0. The Bertz CT molecular complexity index is 3260. The molecule has 0 spiro atoms. The van der Waals surface area contributed by atoms with Crippen LogP contribution in [0.5, 0.6) is 0 Å². The molecule has 1 aromatic heterocycles. The van der Waals surface area contributed by atoms with Crippen LogP contribution in [0.2, 0.25) is 0 Å². The summed E-state index contributed by atoms with van der Waals surface area (Å²) in [5.41, 5.74) is 22.7. The number of nitrogens with zero attached hydrogens (tertiary/aromatic N) is 2. The van der Waals surface area contributed by atoms with Gasteiger partial charge in [-0.3, -0.25) is 4.57 Å². The van der Waals surface area contributed by atoms with Crippen LogP contribution in [0.1, 0.15) is 0 Å². The van der Waals surface area contributed by atoms with E-state index in [1.165, 1.54) is 109 Å². The van der Waals surface area contributed by atoms with Crippen molar-refractivity contribution < 1.29 is 0 Å². The second-order valence-electron chi connectivity index (χ2n) is 16.5. The number of imidazole rings is 1. The zero-order valence-corrected chi connectivity index (χ0v) is 35.3. The van der Waals surface area contributed by atoms with Gasteiger partial charge in [0.15, 0.2) is 0 Å². The van der Waals surface area contributed by atoms with Crippen LogP contribution < -0.4 is 43.7 Å². The molecule has 10 heteroatoms. The quantitative estimate of drug-likeness (QED) is 0.167. The maximum Gasteiger partial charge on any atom is 0.145 e. The van der Waals surface area contributed by atoms with Crippen molar-refractivity contribution >= 4 is 150 Å². The SMILES string of the molecule is Bc1c(B)c(B)c2c(-c3ccc(-c4nc5ccccc5n4-c4cccc5ccccc45)cc3)c3c(B)c(B)c(B)c(B)c3c(-c3ccc(-c4ccccc4)cc3)c2c1B. The number of hydrogen-bond acceptors (Lipinski definition) is 1. The van der Waals surface area contributed by atoms with Gasteiger partial charge in [0.1, 0.15) is 68.6 Å². The highest BCUT2D eigenvalue weighted by molar-refractivity contribution is 6.71. The van der Waals surface area contributed by atoms with Crippen molar-refractivity contribution in [3.8, 4) is 50.5 Å². The minimum Gasteiger partial charge on any atom is -0.292 e. The topological polar surface area (TPSA) is 17.8 Å². The lowest BCUT2D eigenvalue weighted by molar-refractivity contribution is 1.11. The Kier molecular flexibility index (Phi) is 8.94. The molecule has 0 aliphatic heterocycles. The number of rotatable bonds is 5. The number of fused-ring (bicyclic) bond motifs is 4. The van der Waals surface area contributed by atoms with E-state index in [4.69, 9.17) is 4.98 Å². The predicted octanol–water partition coefficient (Wildman–Crippen LogP) is -0.780. The Morgan fingerprint density at radius 2 is 0.763 bits per heavy atom. The Morgan fingerprint density at radius 3 is 1.32 bits per heavy atom. The molecule has 0 aliphatic rings. The number of para-hydroxylation sites is 2. The van der Waals surface area contributed by atoms with E-state index in [9.17, 15) is 0 Å². The molecule has 0 radical (unpaired) electrons. The summed E-state index contributed by atoms with van der Waals surface area (Å²) in [5, 5.41) is 7.83. The van der Waals surface area contributed by atoms with E-state index < -0.39 is 0 Å². The van der Waals surface area contributed by atoms with Gasteiger partial charge in [-0.15, -0.1) is 21.9 Å². The second-order valence-corrected chi connectivity index (χ2v) is 16.5. The lowest BCUT2D eigenvalue weighted by Gasteiger charge is -2.28. The molecular formula is C49H40B8N2. The van der Waals surface area contributed by atoms with E-state index in [1.54, 1.807) is 0 Å². The largest absolute Gasteiger partial charge is 0.292 e. The minimum absolute atomic E-state index is 0.940. The first-order valence-electron chi connectivity index (χ1n) is 20.8. The molecule has 0 aliphatic carbocycles. The van der Waals surface area contributed by atoms with E-state index >= 15 is 0 Å². The van der Waals surface area contributed by atoms with Gasteiger partial charge in [-0.25, -0.2) is 4.98 Å². The number of benzene rings is 9. The van der Waals surface area contributed by atoms with Crippen LogP contribution in [-0.2, 0) is 0 Å². The third-order valence-electron chi connectivity index (χ3n) is 13.7. The number of hydrogen-bond donors (Lipinski definition) is 0. The summed E-state index contributed by atoms with van der Waals surface area (Å²) in [4.78, 5) is 5.30. The van der Waals surface area contributed by atoms with E-state index in [0.29, 0.717) is 0 Å². The molecule has 0 atom stereocenters. The molecule has 0 amide bonds. The van der Waals surface area contributed by atoms with Gasteiger partial charge >= 0.3 is 0 Å². The Labute approximate surface area is 353 Å². The van der Waals surface area contributed by atoms with Crippen LogP contribution in [0.4, 0.5) is 0 Å². The van der Waals surface area contributed by atoms with Gasteiger partial charge in [-0.1, -0.05) is 149 Å². The average Bonchev–Trinajstić information content (AvgIpc) is 3.67. The van der Waals surface area contributed by atoms with Crippen LogP contribution in [0.15, 0.2) is 146 Å². The molecule has 10 aromatic rings. The molecule has 0 N–H and O–H groups in total. The van der Waals surface area contributed by atoms with Gasteiger partial charge < -0.3 is 0 Å². The smallest absolute Gasteiger partial charge is 0.145 e. The Hall–Kier alpha value is -6.25. The van der Waals surface area contributed by atoms with Gasteiger partial charge in [0.05, 0.1) is 16.7 Å². The van der Waals surface area contributed by atoms with Crippen molar-refractivity contribution in [2.75, 3.05) is 0 Å². The van der Waals surface area contributed by atoms with Crippen LogP contribution in [0, 0.1) is 0 Å². The van der Waals surface area contributed by atoms with Gasteiger partial charge in [0.25, 0.3) is 0 Å². The van der Waals surface area contributed by atoms with Crippen LogP contribution in [0.3, 0.4) is 0 Å². The van der Waals surface area contributed by atoms with Gasteiger partial charge in [-0.2, -0.15) is 0 Å². The molecule has 59 heavy (non-hydrogen) atoms. The van der Waals surface area contributed by atoms with Crippen LogP contribution in [0.25, 0.3) is 93.8 Å². The zero-order chi connectivity index (χ0) is 40.7. The standard InChI is InChI=1S/C49H40B8N2/c50-41-37-35(28-19-17-26(18-20-28)25-9-2-1-3-10-25)38-40(44(53)48(57)46(55)42(38)51)36(39(37)43(52)47(56)45(41)54)29-21-23-30(24-22-29)49-58-32-14-6-7-15-34(32)59(49)33-16-8-12-27-11-4-5-13-31(27)33/h1-24H,50-57H2. The highest BCUT2D eigenvalue weighted by Crippen LogP contribution is 2.42. The fourth-order valence-electron chi connectivity index (χ4n) is 9.82. The molecule has 0 fully saturated rings. The third kappa shape index (κ3) is 5.71. The molecular weight excluding hydrogens is 703 g/mol. The average molecular weight is 743 g/mol. The summed E-state index contributed by atoms with van der Waals surface area (Å²) in [5.74, 6) is 0.940. The molecule has 9 aromatic carbocycles. The first-order valence-corrected chi connectivity index (χ1v) is 20.8. The molecule has 1 heterocycles. The summed E-state index contributed by atoms with van der Waals surface area (Å²) >= 11 is 0.